The first-order valence-corrected chi connectivity index (χ1v) is 8.52. The predicted octanol–water partition coefficient (Wildman–Crippen LogP) is 0.339. The smallest absolute Gasteiger partial charge is 0.327 e. The van der Waals surface area contributed by atoms with Crippen molar-refractivity contribution >= 4 is 40.9 Å². The number of carbonyl (C=O) groups is 3. The van der Waals surface area contributed by atoms with Crippen LogP contribution in [0.15, 0.2) is 4.34 Å². The van der Waals surface area contributed by atoms with Gasteiger partial charge in [-0.25, -0.2) is 4.79 Å². The van der Waals surface area contributed by atoms with Gasteiger partial charge in [0.25, 0.3) is 5.91 Å². The van der Waals surface area contributed by atoms with Crippen molar-refractivity contribution in [3.05, 3.63) is 5.01 Å². The standard InChI is InChI=1S/C12H17N5O3S2/c1-8-14-15-11(22-8)21-5-3-4-13-9(18)6-17-10(19)7-16(2)12(17)20/h3-7H2,1-2H3,(H,13,18). The van der Waals surface area contributed by atoms with Crippen LogP contribution in [-0.4, -0.2) is 70.3 Å². The fraction of sp³-hybridized carbons (Fsp3) is 0.583. The lowest BCUT2D eigenvalue weighted by atomic mass is 10.4. The maximum absolute atomic E-state index is 11.7. The molecule has 0 radical (unpaired) electrons. The minimum atomic E-state index is -0.428. The van der Waals surface area contributed by atoms with Crippen molar-refractivity contribution in [2.45, 2.75) is 17.7 Å². The second-order valence-electron chi connectivity index (χ2n) is 4.76. The molecule has 1 aliphatic rings. The predicted molar refractivity (Wildman–Crippen MR) is 82.7 cm³/mol. The highest BCUT2D eigenvalue weighted by molar-refractivity contribution is 8.01. The molecule has 1 fully saturated rings. The van der Waals surface area contributed by atoms with Crippen LogP contribution < -0.4 is 5.32 Å². The van der Waals surface area contributed by atoms with Crippen molar-refractivity contribution in [1.29, 1.82) is 0 Å². The van der Waals surface area contributed by atoms with E-state index in [9.17, 15) is 14.4 Å². The summed E-state index contributed by atoms with van der Waals surface area (Å²) in [7, 11) is 1.53. The van der Waals surface area contributed by atoms with E-state index in [4.69, 9.17) is 0 Å². The van der Waals surface area contributed by atoms with Gasteiger partial charge in [0.15, 0.2) is 4.34 Å². The molecular weight excluding hydrogens is 326 g/mol. The Kier molecular flexibility index (Phi) is 5.72. The maximum atomic E-state index is 11.7. The number of likely N-dealkylation sites (N-methyl/N-ethyl adjacent to an activating group) is 1. The Bertz CT molecular complexity index is 577. The first-order valence-electron chi connectivity index (χ1n) is 6.72. The lowest BCUT2D eigenvalue weighted by Gasteiger charge is -2.13. The minimum Gasteiger partial charge on any atom is -0.355 e. The van der Waals surface area contributed by atoms with Crippen molar-refractivity contribution in [1.82, 2.24) is 25.3 Å². The third-order valence-electron chi connectivity index (χ3n) is 2.91. The number of rotatable bonds is 7. The maximum Gasteiger partial charge on any atom is 0.327 e. The number of imide groups is 1. The molecule has 1 aromatic rings. The van der Waals surface area contributed by atoms with Gasteiger partial charge >= 0.3 is 6.03 Å². The Labute approximate surface area is 136 Å². The van der Waals surface area contributed by atoms with Crippen LogP contribution in [0.1, 0.15) is 11.4 Å². The summed E-state index contributed by atoms with van der Waals surface area (Å²) in [5.41, 5.74) is 0. The van der Waals surface area contributed by atoms with Gasteiger partial charge in [0.05, 0.1) is 0 Å². The van der Waals surface area contributed by atoms with Crippen molar-refractivity contribution in [2.24, 2.45) is 0 Å². The van der Waals surface area contributed by atoms with Crippen LogP contribution in [0.25, 0.3) is 0 Å². The van der Waals surface area contributed by atoms with E-state index in [1.807, 2.05) is 6.92 Å². The Morgan fingerprint density at radius 1 is 1.41 bits per heavy atom. The number of aryl methyl sites for hydroxylation is 1. The summed E-state index contributed by atoms with van der Waals surface area (Å²) in [6.07, 6.45) is 0.775. The molecule has 0 aliphatic carbocycles. The molecule has 0 bridgehead atoms. The Morgan fingerprint density at radius 2 is 2.18 bits per heavy atom. The Hall–Kier alpha value is -1.68. The van der Waals surface area contributed by atoms with Crippen LogP contribution in [0, 0.1) is 6.92 Å². The molecule has 2 rings (SSSR count). The van der Waals surface area contributed by atoms with Crippen molar-refractivity contribution < 1.29 is 14.4 Å². The number of nitrogens with zero attached hydrogens (tertiary/aromatic N) is 4. The van der Waals surface area contributed by atoms with Gasteiger partial charge in [0.1, 0.15) is 18.1 Å². The molecule has 1 N–H and O–H groups in total. The molecule has 1 aliphatic heterocycles. The van der Waals surface area contributed by atoms with E-state index in [0.29, 0.717) is 6.54 Å². The third-order valence-corrected chi connectivity index (χ3v) is 4.97. The molecule has 0 saturated carbocycles. The van der Waals surface area contributed by atoms with Gasteiger partial charge < -0.3 is 10.2 Å². The monoisotopic (exact) mass is 343 g/mol. The molecule has 4 amide bonds. The lowest BCUT2D eigenvalue weighted by molar-refractivity contribution is -0.130. The molecule has 120 valence electrons. The van der Waals surface area contributed by atoms with E-state index in [2.05, 4.69) is 15.5 Å². The van der Waals surface area contributed by atoms with Crippen molar-refractivity contribution in [3.63, 3.8) is 0 Å². The highest BCUT2D eigenvalue weighted by Gasteiger charge is 2.34. The zero-order valence-electron chi connectivity index (χ0n) is 12.4. The van der Waals surface area contributed by atoms with E-state index in [1.165, 1.54) is 11.9 Å². The van der Waals surface area contributed by atoms with E-state index in [-0.39, 0.29) is 24.9 Å². The van der Waals surface area contributed by atoms with Crippen LogP contribution in [0.3, 0.4) is 0 Å². The van der Waals surface area contributed by atoms with Gasteiger partial charge in [0, 0.05) is 19.3 Å². The van der Waals surface area contributed by atoms with E-state index < -0.39 is 6.03 Å². The number of urea groups is 1. The SMILES string of the molecule is Cc1nnc(SCCCNC(=O)CN2C(=O)CN(C)C2=O)s1. The number of hydrogen-bond acceptors (Lipinski definition) is 7. The third kappa shape index (κ3) is 4.41. The second kappa shape index (κ2) is 7.54. The van der Waals surface area contributed by atoms with Gasteiger partial charge in [-0.1, -0.05) is 23.1 Å². The van der Waals surface area contributed by atoms with Gasteiger partial charge in [-0.2, -0.15) is 0 Å². The van der Waals surface area contributed by atoms with Crippen molar-refractivity contribution in [2.75, 3.05) is 32.4 Å². The summed E-state index contributed by atoms with van der Waals surface area (Å²) >= 11 is 3.14. The van der Waals surface area contributed by atoms with Gasteiger partial charge in [0.2, 0.25) is 5.91 Å². The fourth-order valence-electron chi connectivity index (χ4n) is 1.82. The molecule has 10 heteroatoms. The van der Waals surface area contributed by atoms with Gasteiger partial charge in [-0.15, -0.1) is 10.2 Å². The van der Waals surface area contributed by atoms with Gasteiger partial charge in [-0.05, 0) is 13.3 Å². The summed E-state index contributed by atoms with van der Waals surface area (Å²) in [4.78, 5) is 37.1. The molecule has 22 heavy (non-hydrogen) atoms. The molecule has 0 aromatic carbocycles. The highest BCUT2D eigenvalue weighted by Crippen LogP contribution is 2.21. The van der Waals surface area contributed by atoms with E-state index in [1.54, 1.807) is 23.1 Å². The number of hydrogen-bond donors (Lipinski definition) is 1. The molecule has 2 heterocycles. The highest BCUT2D eigenvalue weighted by atomic mass is 32.2. The number of amides is 4. The summed E-state index contributed by atoms with van der Waals surface area (Å²) in [5.74, 6) is 0.151. The second-order valence-corrected chi connectivity index (χ2v) is 7.28. The first-order chi connectivity index (χ1) is 10.5. The van der Waals surface area contributed by atoms with Crippen LogP contribution in [0.5, 0.6) is 0 Å². The number of carbonyl (C=O) groups excluding carboxylic acids is 3. The summed E-state index contributed by atoms with van der Waals surface area (Å²) in [6, 6.07) is -0.428. The molecular formula is C12H17N5O3S2. The molecule has 1 saturated heterocycles. The fourth-order valence-corrected chi connectivity index (χ4v) is 3.65. The molecule has 0 unspecified atom stereocenters. The number of nitrogens with one attached hydrogen (secondary N) is 1. The van der Waals surface area contributed by atoms with Crippen LogP contribution >= 0.6 is 23.1 Å². The molecule has 1 aromatic heterocycles. The van der Waals surface area contributed by atoms with Crippen LogP contribution in [0.4, 0.5) is 4.79 Å². The summed E-state index contributed by atoms with van der Waals surface area (Å²) < 4.78 is 0.917. The number of thioether (sulfide) groups is 1. The summed E-state index contributed by atoms with van der Waals surface area (Å²) in [5, 5.41) is 11.6. The van der Waals surface area contributed by atoms with E-state index in [0.717, 1.165) is 26.4 Å². The Balaban J connectivity index is 1.62. The average molecular weight is 343 g/mol. The van der Waals surface area contributed by atoms with Crippen LogP contribution in [-0.2, 0) is 9.59 Å². The topological polar surface area (TPSA) is 95.5 Å². The zero-order chi connectivity index (χ0) is 16.1. The lowest BCUT2D eigenvalue weighted by Crippen LogP contribution is -2.41. The zero-order valence-corrected chi connectivity index (χ0v) is 14.0. The largest absolute Gasteiger partial charge is 0.355 e. The molecule has 8 nitrogen and oxygen atoms in total. The van der Waals surface area contributed by atoms with E-state index >= 15 is 0 Å². The molecule has 0 spiro atoms. The normalized spacial score (nSPS) is 14.8. The average Bonchev–Trinajstić information content (AvgIpc) is 2.97. The quantitative estimate of drug-likeness (QED) is 0.436. The van der Waals surface area contributed by atoms with Crippen molar-refractivity contribution in [3.8, 4) is 0 Å². The van der Waals surface area contributed by atoms with Crippen LogP contribution in [0.2, 0.25) is 0 Å². The van der Waals surface area contributed by atoms with Gasteiger partial charge in [-0.3, -0.25) is 14.5 Å². The molecule has 0 atom stereocenters. The first kappa shape index (κ1) is 16.7. The minimum absolute atomic E-state index is 0.0318. The summed E-state index contributed by atoms with van der Waals surface area (Å²) in [6.45, 7) is 2.21. The Morgan fingerprint density at radius 3 is 2.77 bits per heavy atom. The number of aromatic nitrogens is 2.